The Bertz CT molecular complexity index is 367. The minimum absolute atomic E-state index is 0.269. The lowest BCUT2D eigenvalue weighted by molar-refractivity contribution is 0.288. The van der Waals surface area contributed by atoms with Crippen LogP contribution >= 0.6 is 0 Å². The number of methoxy groups -OCH3 is 1. The molecule has 1 aromatic carbocycles. The highest BCUT2D eigenvalue weighted by molar-refractivity contribution is 5.40. The zero-order valence-corrected chi connectivity index (χ0v) is 11.3. The molecule has 18 heavy (non-hydrogen) atoms. The molecule has 0 bridgehead atoms. The lowest BCUT2D eigenvalue weighted by Gasteiger charge is -2.24. The maximum Gasteiger partial charge on any atom is 0.122 e. The number of rotatable bonds is 5. The minimum atomic E-state index is 0.269. The molecule has 1 aliphatic rings. The lowest BCUT2D eigenvalue weighted by atomic mass is 9.83. The standard InChI is InChI=1S/C16H24O2/c1-18-16-10-9-13(6-5-11-17)12-15(16)14-7-3-2-4-8-14/h9-10,12,14,17H,2-8,11H2,1H3. The fourth-order valence-corrected chi connectivity index (χ4v) is 2.96. The Morgan fingerprint density at radius 3 is 2.67 bits per heavy atom. The van der Waals surface area contributed by atoms with Crippen LogP contribution < -0.4 is 4.74 Å². The zero-order valence-electron chi connectivity index (χ0n) is 11.3. The van der Waals surface area contributed by atoms with E-state index >= 15 is 0 Å². The van der Waals surface area contributed by atoms with Crippen molar-refractivity contribution >= 4 is 0 Å². The number of hydrogen-bond acceptors (Lipinski definition) is 2. The number of aliphatic hydroxyl groups excluding tert-OH is 1. The number of aryl methyl sites for hydroxylation is 1. The lowest BCUT2D eigenvalue weighted by Crippen LogP contribution is -2.07. The molecule has 0 aliphatic heterocycles. The summed E-state index contributed by atoms with van der Waals surface area (Å²) < 4.78 is 5.51. The summed E-state index contributed by atoms with van der Waals surface area (Å²) in [6, 6.07) is 6.52. The quantitative estimate of drug-likeness (QED) is 0.861. The molecule has 0 atom stereocenters. The second-order valence-corrected chi connectivity index (χ2v) is 5.24. The smallest absolute Gasteiger partial charge is 0.122 e. The van der Waals surface area contributed by atoms with Crippen molar-refractivity contribution in [2.24, 2.45) is 0 Å². The van der Waals surface area contributed by atoms with Crippen LogP contribution in [-0.4, -0.2) is 18.8 Å². The first kappa shape index (κ1) is 13.4. The highest BCUT2D eigenvalue weighted by Crippen LogP contribution is 2.37. The summed E-state index contributed by atoms with van der Waals surface area (Å²) in [5.74, 6) is 1.71. The van der Waals surface area contributed by atoms with Crippen LogP contribution in [0.25, 0.3) is 0 Å². The summed E-state index contributed by atoms with van der Waals surface area (Å²) in [7, 11) is 1.76. The van der Waals surface area contributed by atoms with Gasteiger partial charge in [-0.15, -0.1) is 0 Å². The topological polar surface area (TPSA) is 29.5 Å². The Morgan fingerprint density at radius 1 is 1.22 bits per heavy atom. The van der Waals surface area contributed by atoms with Crippen LogP contribution in [0.2, 0.25) is 0 Å². The normalized spacial score (nSPS) is 16.8. The third kappa shape index (κ3) is 3.26. The van der Waals surface area contributed by atoms with Crippen LogP contribution in [0.4, 0.5) is 0 Å². The van der Waals surface area contributed by atoms with Crippen molar-refractivity contribution in [1.82, 2.24) is 0 Å². The average Bonchev–Trinajstić information content (AvgIpc) is 2.45. The molecule has 0 heterocycles. The van der Waals surface area contributed by atoms with Gasteiger partial charge in [-0.1, -0.05) is 31.4 Å². The molecule has 2 rings (SSSR count). The van der Waals surface area contributed by atoms with E-state index in [-0.39, 0.29) is 6.61 Å². The van der Waals surface area contributed by atoms with Crippen molar-refractivity contribution in [3.8, 4) is 5.75 Å². The van der Waals surface area contributed by atoms with Crippen molar-refractivity contribution in [1.29, 1.82) is 0 Å². The van der Waals surface area contributed by atoms with Crippen molar-refractivity contribution in [3.63, 3.8) is 0 Å². The van der Waals surface area contributed by atoms with E-state index in [1.807, 2.05) is 0 Å². The van der Waals surface area contributed by atoms with E-state index < -0.39 is 0 Å². The molecule has 1 aromatic rings. The predicted molar refractivity (Wildman–Crippen MR) is 74.2 cm³/mol. The largest absolute Gasteiger partial charge is 0.496 e. The number of hydrogen-bond donors (Lipinski definition) is 1. The van der Waals surface area contributed by atoms with Gasteiger partial charge in [-0.3, -0.25) is 0 Å². The molecular formula is C16H24O2. The Labute approximate surface area is 110 Å². The molecule has 0 radical (unpaired) electrons. The summed E-state index contributed by atoms with van der Waals surface area (Å²) >= 11 is 0. The Kier molecular flexibility index (Phi) is 5.06. The molecule has 0 spiro atoms. The van der Waals surface area contributed by atoms with E-state index in [2.05, 4.69) is 18.2 Å². The van der Waals surface area contributed by atoms with E-state index in [1.54, 1.807) is 7.11 Å². The van der Waals surface area contributed by atoms with Crippen molar-refractivity contribution < 1.29 is 9.84 Å². The third-order valence-electron chi connectivity index (χ3n) is 3.96. The van der Waals surface area contributed by atoms with Crippen molar-refractivity contribution in [3.05, 3.63) is 29.3 Å². The summed E-state index contributed by atoms with van der Waals surface area (Å²) in [6.07, 6.45) is 8.45. The Morgan fingerprint density at radius 2 is 2.00 bits per heavy atom. The monoisotopic (exact) mass is 248 g/mol. The Balaban J connectivity index is 2.18. The van der Waals surface area contributed by atoms with E-state index in [0.717, 1.165) is 18.6 Å². The molecule has 0 unspecified atom stereocenters. The van der Waals surface area contributed by atoms with E-state index in [9.17, 15) is 0 Å². The van der Waals surface area contributed by atoms with Gasteiger partial charge >= 0.3 is 0 Å². The first-order valence-electron chi connectivity index (χ1n) is 7.13. The van der Waals surface area contributed by atoms with Gasteiger partial charge in [0.25, 0.3) is 0 Å². The first-order chi connectivity index (χ1) is 8.85. The molecule has 0 saturated heterocycles. The van der Waals surface area contributed by atoms with Gasteiger partial charge < -0.3 is 9.84 Å². The molecule has 2 nitrogen and oxygen atoms in total. The van der Waals surface area contributed by atoms with Crippen LogP contribution in [-0.2, 0) is 6.42 Å². The average molecular weight is 248 g/mol. The van der Waals surface area contributed by atoms with Crippen LogP contribution in [0.15, 0.2) is 18.2 Å². The summed E-state index contributed by atoms with van der Waals surface area (Å²) in [6.45, 7) is 0.269. The van der Waals surface area contributed by atoms with Crippen LogP contribution in [0.5, 0.6) is 5.75 Å². The molecule has 1 saturated carbocycles. The highest BCUT2D eigenvalue weighted by Gasteiger charge is 2.19. The van der Waals surface area contributed by atoms with Crippen LogP contribution in [0.1, 0.15) is 55.6 Å². The molecule has 2 heteroatoms. The van der Waals surface area contributed by atoms with Crippen LogP contribution in [0, 0.1) is 0 Å². The fraction of sp³-hybridized carbons (Fsp3) is 0.625. The van der Waals surface area contributed by atoms with Gasteiger partial charge in [0.15, 0.2) is 0 Å². The first-order valence-corrected chi connectivity index (χ1v) is 7.13. The number of aliphatic hydroxyl groups is 1. The summed E-state index contributed by atoms with van der Waals surface area (Å²) in [5.41, 5.74) is 2.71. The van der Waals surface area contributed by atoms with E-state index in [4.69, 9.17) is 9.84 Å². The van der Waals surface area contributed by atoms with Gasteiger partial charge in [0.2, 0.25) is 0 Å². The van der Waals surface area contributed by atoms with Gasteiger partial charge in [-0.05, 0) is 48.8 Å². The predicted octanol–water partition coefficient (Wildman–Crippen LogP) is 3.67. The zero-order chi connectivity index (χ0) is 12.8. The fourth-order valence-electron chi connectivity index (χ4n) is 2.96. The second kappa shape index (κ2) is 6.79. The maximum absolute atomic E-state index is 8.92. The van der Waals surface area contributed by atoms with Gasteiger partial charge in [0.05, 0.1) is 7.11 Å². The second-order valence-electron chi connectivity index (χ2n) is 5.24. The molecule has 1 aliphatic carbocycles. The minimum Gasteiger partial charge on any atom is -0.496 e. The number of ether oxygens (including phenoxy) is 1. The molecular weight excluding hydrogens is 224 g/mol. The van der Waals surface area contributed by atoms with E-state index in [1.165, 1.54) is 43.2 Å². The van der Waals surface area contributed by atoms with Gasteiger partial charge in [-0.25, -0.2) is 0 Å². The van der Waals surface area contributed by atoms with Crippen molar-refractivity contribution in [2.75, 3.05) is 13.7 Å². The van der Waals surface area contributed by atoms with E-state index in [0.29, 0.717) is 5.92 Å². The Hall–Kier alpha value is -1.02. The molecule has 1 fully saturated rings. The van der Waals surface area contributed by atoms with Gasteiger partial charge in [-0.2, -0.15) is 0 Å². The van der Waals surface area contributed by atoms with Crippen LogP contribution in [0.3, 0.4) is 0 Å². The highest BCUT2D eigenvalue weighted by atomic mass is 16.5. The summed E-state index contributed by atoms with van der Waals surface area (Å²) in [5, 5.41) is 8.92. The third-order valence-corrected chi connectivity index (χ3v) is 3.96. The van der Waals surface area contributed by atoms with Gasteiger partial charge in [0, 0.05) is 6.61 Å². The maximum atomic E-state index is 8.92. The summed E-state index contributed by atoms with van der Waals surface area (Å²) in [4.78, 5) is 0. The number of benzene rings is 1. The molecule has 0 amide bonds. The van der Waals surface area contributed by atoms with Crippen molar-refractivity contribution in [2.45, 2.75) is 50.9 Å². The molecule has 0 aromatic heterocycles. The SMILES string of the molecule is COc1ccc(CCCO)cc1C1CCCCC1. The molecule has 100 valence electrons. The van der Waals surface area contributed by atoms with Gasteiger partial charge in [0.1, 0.15) is 5.75 Å². The molecule has 1 N–H and O–H groups in total.